The van der Waals surface area contributed by atoms with Crippen LogP contribution in [0.2, 0.25) is 0 Å². The molecule has 4 nitrogen and oxygen atoms in total. The number of benzene rings is 1. The van der Waals surface area contributed by atoms with Gasteiger partial charge >= 0.3 is 0 Å². The topological polar surface area (TPSA) is 39.7 Å². The van der Waals surface area contributed by atoms with Crippen LogP contribution in [0, 0.1) is 24.0 Å². The molecule has 23 heavy (non-hydrogen) atoms. The van der Waals surface area contributed by atoms with Crippen LogP contribution in [0.15, 0.2) is 23.2 Å². The van der Waals surface area contributed by atoms with Crippen LogP contribution < -0.4 is 10.6 Å². The summed E-state index contributed by atoms with van der Waals surface area (Å²) in [5, 5.41) is 5.97. The molecule has 1 atom stereocenters. The molecule has 1 aromatic carbocycles. The fourth-order valence-corrected chi connectivity index (χ4v) is 2.00. The average molecular weight is 436 g/mol. The predicted octanol–water partition coefficient (Wildman–Crippen LogP) is 2.37. The first-order chi connectivity index (χ1) is 10.5. The lowest BCUT2D eigenvalue weighted by Gasteiger charge is -2.24. The lowest BCUT2D eigenvalue weighted by molar-refractivity contribution is 0.290. The third kappa shape index (κ3) is 6.71. The molecule has 0 aliphatic carbocycles. The van der Waals surface area contributed by atoms with Gasteiger partial charge in [-0.05, 0) is 33.2 Å². The van der Waals surface area contributed by atoms with Crippen molar-refractivity contribution in [3.8, 4) is 12.3 Å². The Kier molecular flexibility index (Phi) is 10.5. The Morgan fingerprint density at radius 3 is 2.39 bits per heavy atom. The Bertz CT molecular complexity index is 535. The summed E-state index contributed by atoms with van der Waals surface area (Å²) in [5.74, 6) is 1.82. The smallest absolute Gasteiger partial charge is 0.192 e. The first-order valence-electron chi connectivity index (χ1n) is 7.07. The number of guanidine groups is 1. The molecule has 0 aliphatic rings. The molecular weight excluding hydrogens is 413 g/mol. The maximum atomic E-state index is 14.0. The summed E-state index contributed by atoms with van der Waals surface area (Å²) in [6, 6.07) is 3.34. The Morgan fingerprint density at radius 2 is 1.91 bits per heavy atom. The highest BCUT2D eigenvalue weighted by atomic mass is 127. The molecule has 0 heterocycles. The zero-order valence-corrected chi connectivity index (χ0v) is 15.9. The van der Waals surface area contributed by atoms with Crippen LogP contribution in [0.25, 0.3) is 0 Å². The minimum atomic E-state index is -0.574. The number of halogens is 3. The summed E-state index contributed by atoms with van der Waals surface area (Å²) in [6.45, 7) is 3.11. The van der Waals surface area contributed by atoms with Gasteiger partial charge in [0.15, 0.2) is 5.96 Å². The van der Waals surface area contributed by atoms with Gasteiger partial charge in [-0.25, -0.2) is 8.78 Å². The number of hydrogen-bond donors (Lipinski definition) is 2. The monoisotopic (exact) mass is 436 g/mol. The maximum absolute atomic E-state index is 14.0. The van der Waals surface area contributed by atoms with Crippen molar-refractivity contribution in [3.05, 3.63) is 35.4 Å². The second-order valence-corrected chi connectivity index (χ2v) is 4.89. The van der Waals surface area contributed by atoms with E-state index >= 15 is 0 Å². The number of rotatable bonds is 6. The number of likely N-dealkylation sites (N-methyl/N-ethyl adjacent to an activating group) is 1. The van der Waals surface area contributed by atoms with Gasteiger partial charge in [0.2, 0.25) is 0 Å². The molecule has 1 unspecified atom stereocenters. The SMILES string of the molecule is C#CCNC(=NCC(c1c(F)cccc1F)N(C)C)NCC.I. The number of aliphatic imine (C=N–C) groups is 1. The molecule has 128 valence electrons. The van der Waals surface area contributed by atoms with E-state index < -0.39 is 17.7 Å². The van der Waals surface area contributed by atoms with Gasteiger partial charge in [-0.15, -0.1) is 30.4 Å². The van der Waals surface area contributed by atoms with E-state index in [1.807, 2.05) is 6.92 Å². The van der Waals surface area contributed by atoms with Crippen molar-refractivity contribution in [1.82, 2.24) is 15.5 Å². The van der Waals surface area contributed by atoms with Gasteiger partial charge in [0.05, 0.1) is 19.1 Å². The van der Waals surface area contributed by atoms with Crippen LogP contribution in [-0.2, 0) is 0 Å². The highest BCUT2D eigenvalue weighted by Crippen LogP contribution is 2.24. The molecule has 0 bridgehead atoms. The Balaban J connectivity index is 0.00000484. The van der Waals surface area contributed by atoms with Crippen molar-refractivity contribution in [2.24, 2.45) is 4.99 Å². The molecule has 2 N–H and O–H groups in total. The summed E-state index contributed by atoms with van der Waals surface area (Å²) < 4.78 is 27.9. The van der Waals surface area contributed by atoms with Crippen LogP contribution in [0.4, 0.5) is 8.78 Å². The fraction of sp³-hybridized carbons (Fsp3) is 0.438. The molecule has 0 fully saturated rings. The van der Waals surface area contributed by atoms with Crippen LogP contribution in [0.5, 0.6) is 0 Å². The molecule has 0 saturated heterocycles. The second kappa shape index (κ2) is 11.2. The highest BCUT2D eigenvalue weighted by Gasteiger charge is 2.22. The van der Waals surface area contributed by atoms with Crippen molar-refractivity contribution < 1.29 is 8.78 Å². The first kappa shape index (κ1) is 21.6. The molecule has 0 amide bonds. The first-order valence-corrected chi connectivity index (χ1v) is 7.07. The summed E-state index contributed by atoms with van der Waals surface area (Å²) in [6.07, 6.45) is 5.21. The maximum Gasteiger partial charge on any atom is 0.192 e. The van der Waals surface area contributed by atoms with E-state index in [9.17, 15) is 8.78 Å². The quantitative estimate of drug-likeness (QED) is 0.312. The summed E-state index contributed by atoms with van der Waals surface area (Å²) >= 11 is 0. The third-order valence-corrected chi connectivity index (χ3v) is 3.08. The number of nitrogens with one attached hydrogen (secondary N) is 2. The largest absolute Gasteiger partial charge is 0.357 e. The Morgan fingerprint density at radius 1 is 1.30 bits per heavy atom. The highest BCUT2D eigenvalue weighted by molar-refractivity contribution is 14.0. The zero-order chi connectivity index (χ0) is 16.5. The van der Waals surface area contributed by atoms with Crippen LogP contribution in [-0.4, -0.2) is 44.6 Å². The van der Waals surface area contributed by atoms with Gasteiger partial charge in [-0.1, -0.05) is 12.0 Å². The molecule has 1 aromatic rings. The van der Waals surface area contributed by atoms with E-state index in [1.54, 1.807) is 19.0 Å². The predicted molar refractivity (Wildman–Crippen MR) is 101 cm³/mol. The van der Waals surface area contributed by atoms with E-state index in [0.717, 1.165) is 0 Å². The van der Waals surface area contributed by atoms with Crippen molar-refractivity contribution in [2.45, 2.75) is 13.0 Å². The van der Waals surface area contributed by atoms with Gasteiger partial charge in [0.1, 0.15) is 11.6 Å². The molecule has 0 aliphatic heterocycles. The van der Waals surface area contributed by atoms with Crippen molar-refractivity contribution in [3.63, 3.8) is 0 Å². The number of nitrogens with zero attached hydrogens (tertiary/aromatic N) is 2. The Labute approximate surface area is 153 Å². The normalized spacial score (nSPS) is 12.3. The van der Waals surface area contributed by atoms with Crippen molar-refractivity contribution in [1.29, 1.82) is 0 Å². The summed E-state index contributed by atoms with van der Waals surface area (Å²) in [5.41, 5.74) is 0.0176. The van der Waals surface area contributed by atoms with E-state index in [-0.39, 0.29) is 36.1 Å². The molecule has 7 heteroatoms. The Hall–Kier alpha value is -1.40. The minimum absolute atomic E-state index is 0. The second-order valence-electron chi connectivity index (χ2n) is 4.89. The third-order valence-electron chi connectivity index (χ3n) is 3.08. The van der Waals surface area contributed by atoms with E-state index in [1.165, 1.54) is 18.2 Å². The number of terminal acetylenes is 1. The average Bonchev–Trinajstić information content (AvgIpc) is 2.47. The van der Waals surface area contributed by atoms with Gasteiger partial charge in [0, 0.05) is 12.1 Å². The van der Waals surface area contributed by atoms with Crippen LogP contribution in [0.1, 0.15) is 18.5 Å². The minimum Gasteiger partial charge on any atom is -0.357 e. The van der Waals surface area contributed by atoms with Crippen molar-refractivity contribution in [2.75, 3.05) is 33.7 Å². The fourth-order valence-electron chi connectivity index (χ4n) is 2.00. The van der Waals surface area contributed by atoms with Gasteiger partial charge in [-0.3, -0.25) is 4.99 Å². The van der Waals surface area contributed by atoms with Gasteiger partial charge in [0.25, 0.3) is 0 Å². The molecule has 1 rings (SSSR count). The summed E-state index contributed by atoms with van der Waals surface area (Å²) in [4.78, 5) is 6.09. The lowest BCUT2D eigenvalue weighted by atomic mass is 10.0. The molecule has 0 spiro atoms. The van der Waals surface area contributed by atoms with Crippen LogP contribution >= 0.6 is 24.0 Å². The van der Waals surface area contributed by atoms with Crippen molar-refractivity contribution >= 4 is 29.9 Å². The van der Waals surface area contributed by atoms with Crippen LogP contribution in [0.3, 0.4) is 0 Å². The number of hydrogen-bond acceptors (Lipinski definition) is 2. The summed E-state index contributed by atoms with van der Waals surface area (Å²) in [7, 11) is 3.52. The molecule has 0 radical (unpaired) electrons. The van der Waals surface area contributed by atoms with Gasteiger partial charge < -0.3 is 15.5 Å². The lowest BCUT2D eigenvalue weighted by Crippen LogP contribution is -2.38. The van der Waals surface area contributed by atoms with E-state index in [4.69, 9.17) is 6.42 Å². The van der Waals surface area contributed by atoms with E-state index in [2.05, 4.69) is 21.5 Å². The standard InChI is InChI=1S/C16H22F2N4.HI/c1-5-10-20-16(19-6-2)21-11-14(22(3)4)15-12(17)8-7-9-13(15)18;/h1,7-9,14H,6,10-11H2,2-4H3,(H2,19,20,21);1H. The zero-order valence-electron chi connectivity index (χ0n) is 13.6. The molecular formula is C16H23F2IN4. The molecule has 0 saturated carbocycles. The van der Waals surface area contributed by atoms with E-state index in [0.29, 0.717) is 19.0 Å². The van der Waals surface area contributed by atoms with Gasteiger partial charge in [-0.2, -0.15) is 0 Å². The molecule has 0 aromatic heterocycles.